The lowest BCUT2D eigenvalue weighted by atomic mass is 9.91. The van der Waals surface area contributed by atoms with Crippen LogP contribution in [0.15, 0.2) is 0 Å². The van der Waals surface area contributed by atoms with Crippen LogP contribution in [-0.2, 0) is 4.74 Å². The molecular formula is C9H12Cl2N4O2. The van der Waals surface area contributed by atoms with Crippen LogP contribution in [0.2, 0.25) is 10.6 Å². The van der Waals surface area contributed by atoms with Gasteiger partial charge in [-0.1, -0.05) is 0 Å². The van der Waals surface area contributed by atoms with Crippen LogP contribution in [0.4, 0.5) is 5.95 Å². The summed E-state index contributed by atoms with van der Waals surface area (Å²) >= 11 is 11.4. The molecule has 0 aromatic carbocycles. The molecule has 8 heteroatoms. The molecule has 94 valence electrons. The third-order valence-electron chi connectivity index (χ3n) is 2.71. The maximum Gasteiger partial charge on any atom is 0.228 e. The molecule has 17 heavy (non-hydrogen) atoms. The van der Waals surface area contributed by atoms with Gasteiger partial charge in [0.25, 0.3) is 0 Å². The summed E-state index contributed by atoms with van der Waals surface area (Å²) in [5.41, 5.74) is -0.480. The number of nitrogens with zero attached hydrogens (tertiary/aromatic N) is 3. The van der Waals surface area contributed by atoms with Gasteiger partial charge in [0.2, 0.25) is 16.5 Å². The first-order valence-corrected chi connectivity index (χ1v) is 5.93. The Morgan fingerprint density at radius 2 is 1.76 bits per heavy atom. The third-order valence-corrected chi connectivity index (χ3v) is 3.05. The molecule has 1 aliphatic heterocycles. The minimum atomic E-state index is -0.480. The highest BCUT2D eigenvalue weighted by Crippen LogP contribution is 2.24. The Balaban J connectivity index is 2.17. The number of anilines is 1. The fraction of sp³-hybridized carbons (Fsp3) is 0.667. The molecule has 6 nitrogen and oxygen atoms in total. The van der Waals surface area contributed by atoms with Crippen LogP contribution in [0.25, 0.3) is 0 Å². The van der Waals surface area contributed by atoms with Crippen molar-refractivity contribution in [2.75, 3.05) is 25.1 Å². The minimum Gasteiger partial charge on any atom is -0.394 e. The second kappa shape index (κ2) is 5.30. The average Bonchev–Trinajstić information content (AvgIpc) is 2.29. The monoisotopic (exact) mass is 278 g/mol. The van der Waals surface area contributed by atoms with E-state index in [1.165, 1.54) is 0 Å². The van der Waals surface area contributed by atoms with Crippen LogP contribution in [0, 0.1) is 0 Å². The molecule has 2 N–H and O–H groups in total. The van der Waals surface area contributed by atoms with E-state index in [9.17, 15) is 5.11 Å². The lowest BCUT2D eigenvalue weighted by Gasteiger charge is -2.36. The molecule has 1 aromatic rings. The van der Waals surface area contributed by atoms with E-state index in [0.29, 0.717) is 26.1 Å². The molecule has 0 saturated carbocycles. The summed E-state index contributed by atoms with van der Waals surface area (Å²) in [7, 11) is 0. The molecule has 1 aliphatic rings. The first kappa shape index (κ1) is 12.8. The van der Waals surface area contributed by atoms with Crippen LogP contribution in [0.3, 0.4) is 0 Å². The van der Waals surface area contributed by atoms with Gasteiger partial charge in [-0.2, -0.15) is 15.0 Å². The molecule has 0 unspecified atom stereocenters. The number of hydrogen-bond acceptors (Lipinski definition) is 6. The maximum absolute atomic E-state index is 9.49. The van der Waals surface area contributed by atoms with Crippen molar-refractivity contribution < 1.29 is 9.84 Å². The fourth-order valence-electron chi connectivity index (χ4n) is 1.70. The number of rotatable bonds is 3. The Kier molecular flexibility index (Phi) is 3.98. The van der Waals surface area contributed by atoms with Crippen molar-refractivity contribution in [3.05, 3.63) is 10.6 Å². The topological polar surface area (TPSA) is 80.2 Å². The van der Waals surface area contributed by atoms with Crippen LogP contribution in [-0.4, -0.2) is 45.4 Å². The van der Waals surface area contributed by atoms with Gasteiger partial charge in [-0.05, 0) is 36.0 Å². The quantitative estimate of drug-likeness (QED) is 0.863. The maximum atomic E-state index is 9.49. The largest absolute Gasteiger partial charge is 0.394 e. The summed E-state index contributed by atoms with van der Waals surface area (Å²) in [5, 5.41) is 12.6. The fourth-order valence-corrected chi connectivity index (χ4v) is 2.07. The Bertz CT molecular complexity index is 378. The number of aromatic nitrogens is 3. The van der Waals surface area contributed by atoms with Crippen molar-refractivity contribution in [2.45, 2.75) is 18.4 Å². The number of aliphatic hydroxyl groups excluding tert-OH is 1. The number of ether oxygens (including phenoxy) is 1. The second-order valence-electron chi connectivity index (χ2n) is 3.87. The number of halogens is 2. The predicted molar refractivity (Wildman–Crippen MR) is 63.3 cm³/mol. The highest BCUT2D eigenvalue weighted by Gasteiger charge is 2.32. The average molecular weight is 279 g/mol. The molecule has 1 fully saturated rings. The van der Waals surface area contributed by atoms with Crippen molar-refractivity contribution in [3.63, 3.8) is 0 Å². The van der Waals surface area contributed by atoms with Crippen molar-refractivity contribution in [1.29, 1.82) is 0 Å². The van der Waals surface area contributed by atoms with E-state index >= 15 is 0 Å². The molecule has 0 radical (unpaired) electrons. The summed E-state index contributed by atoms with van der Waals surface area (Å²) < 4.78 is 5.26. The van der Waals surface area contributed by atoms with Crippen LogP contribution >= 0.6 is 23.2 Å². The van der Waals surface area contributed by atoms with Crippen LogP contribution in [0.1, 0.15) is 12.8 Å². The molecule has 1 saturated heterocycles. The zero-order valence-electron chi connectivity index (χ0n) is 8.99. The van der Waals surface area contributed by atoms with Gasteiger partial charge in [0.15, 0.2) is 0 Å². The molecule has 0 amide bonds. The summed E-state index contributed by atoms with van der Waals surface area (Å²) in [4.78, 5) is 11.5. The second-order valence-corrected chi connectivity index (χ2v) is 4.55. The van der Waals surface area contributed by atoms with E-state index in [-0.39, 0.29) is 23.1 Å². The normalized spacial score (nSPS) is 19.0. The van der Waals surface area contributed by atoms with Crippen LogP contribution in [0.5, 0.6) is 0 Å². The van der Waals surface area contributed by atoms with E-state index < -0.39 is 5.54 Å². The van der Waals surface area contributed by atoms with Gasteiger partial charge < -0.3 is 15.2 Å². The SMILES string of the molecule is OCC1(Nc2nc(Cl)nc(Cl)n2)CCOCC1. The Labute approximate surface area is 108 Å². The molecule has 2 heterocycles. The van der Waals surface area contributed by atoms with Gasteiger partial charge >= 0.3 is 0 Å². The predicted octanol–water partition coefficient (Wildman–Crippen LogP) is 1.13. The lowest BCUT2D eigenvalue weighted by molar-refractivity contribution is 0.0377. The van der Waals surface area contributed by atoms with E-state index in [1.54, 1.807) is 0 Å². The van der Waals surface area contributed by atoms with E-state index in [1.807, 2.05) is 0 Å². The standard InChI is InChI=1S/C9H12Cl2N4O2/c10-6-12-7(11)14-8(13-6)15-9(5-16)1-3-17-4-2-9/h16H,1-5H2,(H,12,13,14,15). The minimum absolute atomic E-state index is 0.0210. The summed E-state index contributed by atoms with van der Waals surface area (Å²) in [6.07, 6.45) is 1.34. The number of nitrogens with one attached hydrogen (secondary N) is 1. The first-order chi connectivity index (χ1) is 8.13. The van der Waals surface area contributed by atoms with Gasteiger partial charge in [-0.15, -0.1) is 0 Å². The highest BCUT2D eigenvalue weighted by atomic mass is 35.5. The van der Waals surface area contributed by atoms with Crippen molar-refractivity contribution in [1.82, 2.24) is 15.0 Å². The summed E-state index contributed by atoms with van der Waals surface area (Å²) in [6, 6.07) is 0. The smallest absolute Gasteiger partial charge is 0.228 e. The number of aliphatic hydroxyl groups is 1. The van der Waals surface area contributed by atoms with Gasteiger partial charge in [0.05, 0.1) is 12.1 Å². The summed E-state index contributed by atoms with van der Waals surface area (Å²) in [5.74, 6) is 0.269. The highest BCUT2D eigenvalue weighted by molar-refractivity contribution is 6.31. The van der Waals surface area contributed by atoms with Gasteiger partial charge in [-0.25, -0.2) is 0 Å². The Hall–Kier alpha value is -0.690. The molecule has 0 spiro atoms. The van der Waals surface area contributed by atoms with Crippen molar-refractivity contribution in [3.8, 4) is 0 Å². The van der Waals surface area contributed by atoms with Crippen molar-refractivity contribution in [2.24, 2.45) is 0 Å². The molecule has 1 aromatic heterocycles. The van der Waals surface area contributed by atoms with Gasteiger partial charge in [0, 0.05) is 13.2 Å². The first-order valence-electron chi connectivity index (χ1n) is 5.17. The Morgan fingerprint density at radius 1 is 1.18 bits per heavy atom. The molecule has 0 bridgehead atoms. The molecular weight excluding hydrogens is 267 g/mol. The van der Waals surface area contributed by atoms with E-state index in [4.69, 9.17) is 27.9 Å². The lowest BCUT2D eigenvalue weighted by Crippen LogP contribution is -2.47. The van der Waals surface area contributed by atoms with Gasteiger partial charge in [-0.3, -0.25) is 0 Å². The van der Waals surface area contributed by atoms with Crippen LogP contribution < -0.4 is 5.32 Å². The number of hydrogen-bond donors (Lipinski definition) is 2. The zero-order chi connectivity index (χ0) is 12.3. The van der Waals surface area contributed by atoms with Crippen molar-refractivity contribution >= 4 is 29.2 Å². The van der Waals surface area contributed by atoms with Gasteiger partial charge in [0.1, 0.15) is 0 Å². The summed E-state index contributed by atoms with van der Waals surface area (Å²) in [6.45, 7) is 1.14. The molecule has 0 atom stereocenters. The van der Waals surface area contributed by atoms with E-state index in [2.05, 4.69) is 20.3 Å². The molecule has 0 aliphatic carbocycles. The third kappa shape index (κ3) is 3.16. The molecule has 2 rings (SSSR count). The van der Waals surface area contributed by atoms with E-state index in [0.717, 1.165) is 0 Å². The zero-order valence-corrected chi connectivity index (χ0v) is 10.5. The Morgan fingerprint density at radius 3 is 2.29 bits per heavy atom.